The van der Waals surface area contributed by atoms with Crippen molar-refractivity contribution >= 4 is 23.5 Å². The molecule has 2 aromatic rings. The van der Waals surface area contributed by atoms with Crippen molar-refractivity contribution in [2.24, 2.45) is 44.4 Å². The smallest absolute Gasteiger partial charge is 0.191 e. The number of benzene rings is 2. The zero-order valence-electron chi connectivity index (χ0n) is 24.8. The lowest BCUT2D eigenvalue weighted by Crippen LogP contribution is -2.60. The van der Waals surface area contributed by atoms with E-state index < -0.39 is 17.7 Å². The van der Waals surface area contributed by atoms with Crippen LogP contribution in [0.15, 0.2) is 70.6 Å². The number of aliphatic imine (C=N–C) groups is 2. The van der Waals surface area contributed by atoms with Crippen LogP contribution in [0.3, 0.4) is 0 Å². The molecule has 10 heteroatoms. The SMILES string of the molecule is NC(N)=N[C@@H](Cc1ccccc1)C(=O)CCCCCCCCCCCC(N)(N)C(=O)[C@H](Cc1ccccc1)N=C(N)N. The normalized spacial score (nSPS) is 12.7. The van der Waals surface area contributed by atoms with Gasteiger partial charge in [-0.15, -0.1) is 0 Å². The van der Waals surface area contributed by atoms with Crippen molar-refractivity contribution in [3.8, 4) is 0 Å². The Bertz CT molecular complexity index is 1130. The van der Waals surface area contributed by atoms with Crippen LogP contribution in [0.4, 0.5) is 0 Å². The monoisotopic (exact) mass is 578 g/mol. The zero-order valence-corrected chi connectivity index (χ0v) is 24.8. The van der Waals surface area contributed by atoms with Crippen LogP contribution in [0.5, 0.6) is 0 Å². The van der Waals surface area contributed by atoms with E-state index >= 15 is 0 Å². The lowest BCUT2D eigenvalue weighted by molar-refractivity contribution is -0.125. The van der Waals surface area contributed by atoms with Crippen LogP contribution in [0, 0.1) is 0 Å². The molecule has 0 aliphatic heterocycles. The number of hydrogen-bond donors (Lipinski definition) is 6. The molecule has 0 unspecified atom stereocenters. The standard InChI is InChI=1S/C32H50N8O2/c33-30(34)39-26(22-24-16-10-8-11-17-24)28(41)20-14-6-4-2-1-3-5-7-15-21-32(37,38)29(42)27(40-31(35)36)23-25-18-12-9-13-19-25/h8-13,16-19,26-27H,1-7,14-15,20-23,37-38H2,(H4,33,34,39)(H4,35,36,40)/t26-,27-/m0/s1. The zero-order chi connectivity index (χ0) is 30.8. The Balaban J connectivity index is 1.61. The first-order chi connectivity index (χ1) is 20.1. The summed E-state index contributed by atoms with van der Waals surface area (Å²) in [6.07, 6.45) is 10.7. The Hall–Kier alpha value is -3.76. The minimum Gasteiger partial charge on any atom is -0.370 e. The predicted octanol–water partition coefficient (Wildman–Crippen LogP) is 2.80. The van der Waals surface area contributed by atoms with E-state index in [4.69, 9.17) is 34.4 Å². The van der Waals surface area contributed by atoms with Gasteiger partial charge in [-0.3, -0.25) is 9.59 Å². The third-order valence-corrected chi connectivity index (χ3v) is 7.30. The third kappa shape index (κ3) is 13.7. The molecule has 0 spiro atoms. The summed E-state index contributed by atoms with van der Waals surface area (Å²) in [6.45, 7) is 0. The maximum Gasteiger partial charge on any atom is 0.191 e. The van der Waals surface area contributed by atoms with Gasteiger partial charge in [0.25, 0.3) is 0 Å². The van der Waals surface area contributed by atoms with Crippen molar-refractivity contribution in [1.29, 1.82) is 0 Å². The van der Waals surface area contributed by atoms with Crippen molar-refractivity contribution < 1.29 is 9.59 Å². The number of nitrogens with zero attached hydrogens (tertiary/aromatic N) is 2. The van der Waals surface area contributed by atoms with Crippen LogP contribution in [-0.2, 0) is 22.4 Å². The van der Waals surface area contributed by atoms with Gasteiger partial charge in [-0.05, 0) is 30.4 Å². The number of rotatable bonds is 21. The number of guanidine groups is 2. The molecule has 0 saturated heterocycles. The molecule has 230 valence electrons. The number of carbonyl (C=O) groups excluding carboxylic acids is 2. The van der Waals surface area contributed by atoms with Crippen molar-refractivity contribution in [3.05, 3.63) is 71.8 Å². The fourth-order valence-electron chi connectivity index (χ4n) is 5.02. The molecule has 0 bridgehead atoms. The second-order valence-corrected chi connectivity index (χ2v) is 11.1. The number of unbranched alkanes of at least 4 members (excludes halogenated alkanes) is 8. The van der Waals surface area contributed by atoms with Crippen molar-refractivity contribution in [1.82, 2.24) is 0 Å². The number of ketones is 2. The fraction of sp³-hybridized carbons (Fsp3) is 0.500. The van der Waals surface area contributed by atoms with Gasteiger partial charge in [0.05, 0.1) is 0 Å². The average molecular weight is 579 g/mol. The van der Waals surface area contributed by atoms with E-state index in [0.717, 1.165) is 68.9 Å². The Labute approximate surface area is 250 Å². The molecule has 0 saturated carbocycles. The van der Waals surface area contributed by atoms with Gasteiger partial charge >= 0.3 is 0 Å². The predicted molar refractivity (Wildman–Crippen MR) is 171 cm³/mol. The minimum absolute atomic E-state index is 0.0577. The van der Waals surface area contributed by atoms with Crippen molar-refractivity contribution in [3.63, 3.8) is 0 Å². The molecule has 42 heavy (non-hydrogen) atoms. The average Bonchev–Trinajstić information content (AvgIpc) is 2.95. The van der Waals surface area contributed by atoms with Gasteiger partial charge in [0.2, 0.25) is 0 Å². The first-order valence-electron chi connectivity index (χ1n) is 15.0. The van der Waals surface area contributed by atoms with Gasteiger partial charge in [-0.2, -0.15) is 0 Å². The summed E-state index contributed by atoms with van der Waals surface area (Å²) in [4.78, 5) is 34.1. The van der Waals surface area contributed by atoms with E-state index in [-0.39, 0.29) is 23.5 Å². The highest BCUT2D eigenvalue weighted by atomic mass is 16.1. The van der Waals surface area contributed by atoms with Crippen molar-refractivity contribution in [2.45, 2.75) is 101 Å². The molecule has 0 amide bonds. The second-order valence-electron chi connectivity index (χ2n) is 11.1. The molecule has 0 heterocycles. The molecule has 2 atom stereocenters. The Morgan fingerprint density at radius 1 is 0.595 bits per heavy atom. The number of carbonyl (C=O) groups is 2. The molecule has 0 radical (unpaired) electrons. The number of Topliss-reactive ketones (excluding diaryl/α,β-unsaturated/α-hetero) is 2. The largest absolute Gasteiger partial charge is 0.370 e. The molecule has 0 aromatic heterocycles. The summed E-state index contributed by atoms with van der Waals surface area (Å²) in [6, 6.07) is 17.9. The quantitative estimate of drug-likeness (QED) is 0.0559. The maximum atomic E-state index is 13.1. The molecule has 0 aliphatic carbocycles. The summed E-state index contributed by atoms with van der Waals surface area (Å²) in [7, 11) is 0. The Kier molecular flexibility index (Phi) is 15.3. The van der Waals surface area contributed by atoms with E-state index in [2.05, 4.69) is 9.98 Å². The molecule has 0 aliphatic rings. The van der Waals surface area contributed by atoms with E-state index in [0.29, 0.717) is 25.7 Å². The topological polar surface area (TPSA) is 215 Å². The Morgan fingerprint density at radius 3 is 1.48 bits per heavy atom. The van der Waals surface area contributed by atoms with Gasteiger partial charge in [0.1, 0.15) is 17.7 Å². The van der Waals surface area contributed by atoms with Crippen molar-refractivity contribution in [2.75, 3.05) is 0 Å². The van der Waals surface area contributed by atoms with Gasteiger partial charge in [-0.25, -0.2) is 9.98 Å². The van der Waals surface area contributed by atoms with Crippen LogP contribution in [0.1, 0.15) is 81.8 Å². The summed E-state index contributed by atoms with van der Waals surface area (Å²) >= 11 is 0. The summed E-state index contributed by atoms with van der Waals surface area (Å²) < 4.78 is 0. The second kappa shape index (κ2) is 18.6. The van der Waals surface area contributed by atoms with E-state index in [9.17, 15) is 9.59 Å². The van der Waals surface area contributed by atoms with Gasteiger partial charge in [0.15, 0.2) is 23.5 Å². The van der Waals surface area contributed by atoms with Crippen LogP contribution in [0.25, 0.3) is 0 Å². The molecular weight excluding hydrogens is 528 g/mol. The first-order valence-corrected chi connectivity index (χ1v) is 15.0. The highest BCUT2D eigenvalue weighted by Crippen LogP contribution is 2.18. The molecule has 10 nitrogen and oxygen atoms in total. The molecule has 2 aromatic carbocycles. The van der Waals surface area contributed by atoms with Crippen LogP contribution >= 0.6 is 0 Å². The fourth-order valence-corrected chi connectivity index (χ4v) is 5.02. The van der Waals surface area contributed by atoms with Gasteiger partial charge in [0, 0.05) is 19.3 Å². The molecule has 0 fully saturated rings. The molecular formula is C32H50N8O2. The summed E-state index contributed by atoms with van der Waals surface area (Å²) in [5.41, 5.74) is 35.2. The lowest BCUT2D eigenvalue weighted by Gasteiger charge is -2.26. The van der Waals surface area contributed by atoms with Crippen LogP contribution in [0.2, 0.25) is 0 Å². The number of nitrogens with two attached hydrogens (primary N) is 6. The van der Waals surface area contributed by atoms with Gasteiger partial charge in [-0.1, -0.05) is 106 Å². The van der Waals surface area contributed by atoms with Crippen LogP contribution < -0.4 is 34.4 Å². The molecule has 2 rings (SSSR count). The Morgan fingerprint density at radius 2 is 1.00 bits per heavy atom. The van der Waals surface area contributed by atoms with E-state index in [1.54, 1.807) is 0 Å². The number of hydrogen-bond acceptors (Lipinski definition) is 6. The lowest BCUT2D eigenvalue weighted by atomic mass is 9.90. The molecule has 12 N–H and O–H groups in total. The maximum absolute atomic E-state index is 13.1. The van der Waals surface area contributed by atoms with E-state index in [1.807, 2.05) is 60.7 Å². The van der Waals surface area contributed by atoms with Gasteiger partial charge < -0.3 is 34.4 Å². The highest BCUT2D eigenvalue weighted by molar-refractivity contribution is 5.94. The minimum atomic E-state index is -1.49. The third-order valence-electron chi connectivity index (χ3n) is 7.30. The van der Waals surface area contributed by atoms with E-state index in [1.165, 1.54) is 0 Å². The highest BCUT2D eigenvalue weighted by Gasteiger charge is 2.34. The van der Waals surface area contributed by atoms with Crippen LogP contribution in [-0.4, -0.2) is 41.2 Å². The first kappa shape index (κ1) is 34.4. The summed E-state index contributed by atoms with van der Waals surface area (Å²) in [5, 5.41) is 0. The summed E-state index contributed by atoms with van der Waals surface area (Å²) in [5.74, 6) is -0.503.